The van der Waals surface area contributed by atoms with Crippen molar-refractivity contribution in [2.45, 2.75) is 70.8 Å². The molecule has 1 saturated heterocycles. The maximum atomic E-state index is 12.5. The molecule has 1 aromatic rings. The van der Waals surface area contributed by atoms with Gasteiger partial charge in [0.1, 0.15) is 5.01 Å². The van der Waals surface area contributed by atoms with E-state index in [4.69, 9.17) is 0 Å². The standard InChI is InChI=1S/C17H26N4O2S/c1-3-6-11(2)16-19-20-17(24-16)18-15(23)12-9-14(22)21(10-12)13-7-4-5-8-13/h11-13H,3-10H2,1-2H3,(H,18,20,23)/t11-,12-/m0/s1. The first kappa shape index (κ1) is 17.3. The van der Waals surface area contributed by atoms with Gasteiger partial charge in [-0.15, -0.1) is 10.2 Å². The maximum absolute atomic E-state index is 12.5. The molecule has 0 radical (unpaired) electrons. The quantitative estimate of drug-likeness (QED) is 0.855. The summed E-state index contributed by atoms with van der Waals surface area (Å²) in [5, 5.41) is 12.6. The van der Waals surface area contributed by atoms with Gasteiger partial charge in [0.2, 0.25) is 16.9 Å². The Hall–Kier alpha value is -1.50. The van der Waals surface area contributed by atoms with Gasteiger partial charge in [-0.1, -0.05) is 44.4 Å². The van der Waals surface area contributed by atoms with Gasteiger partial charge in [-0.3, -0.25) is 9.59 Å². The monoisotopic (exact) mass is 350 g/mol. The summed E-state index contributed by atoms with van der Waals surface area (Å²) in [5.74, 6) is 0.119. The summed E-state index contributed by atoms with van der Waals surface area (Å²) in [6, 6.07) is 0.346. The number of nitrogens with zero attached hydrogens (tertiary/aromatic N) is 3. The predicted molar refractivity (Wildman–Crippen MR) is 93.9 cm³/mol. The number of hydrogen-bond acceptors (Lipinski definition) is 5. The summed E-state index contributed by atoms with van der Waals surface area (Å²) in [7, 11) is 0. The van der Waals surface area contributed by atoms with E-state index in [0.717, 1.165) is 30.7 Å². The lowest BCUT2D eigenvalue weighted by atomic mass is 10.1. The maximum Gasteiger partial charge on any atom is 0.231 e. The third-order valence-electron chi connectivity index (χ3n) is 5.11. The molecule has 0 bridgehead atoms. The van der Waals surface area contributed by atoms with Crippen molar-refractivity contribution in [3.8, 4) is 0 Å². The highest BCUT2D eigenvalue weighted by atomic mass is 32.1. The van der Waals surface area contributed by atoms with Gasteiger partial charge in [0.15, 0.2) is 0 Å². The Morgan fingerprint density at radius 3 is 2.83 bits per heavy atom. The minimum atomic E-state index is -0.265. The highest BCUT2D eigenvalue weighted by Gasteiger charge is 2.38. The Bertz CT molecular complexity index is 597. The smallest absolute Gasteiger partial charge is 0.231 e. The van der Waals surface area contributed by atoms with Gasteiger partial charge in [0, 0.05) is 24.9 Å². The Morgan fingerprint density at radius 2 is 2.12 bits per heavy atom. The number of rotatable bonds is 6. The van der Waals surface area contributed by atoms with E-state index in [1.807, 2.05) is 4.90 Å². The number of hydrogen-bond donors (Lipinski definition) is 1. The van der Waals surface area contributed by atoms with Crippen LogP contribution in [0.25, 0.3) is 0 Å². The number of carbonyl (C=O) groups excluding carboxylic acids is 2. The summed E-state index contributed by atoms with van der Waals surface area (Å²) >= 11 is 1.44. The Labute approximate surface area is 147 Å². The highest BCUT2D eigenvalue weighted by molar-refractivity contribution is 7.15. The molecule has 132 valence electrons. The molecular weight excluding hydrogens is 324 g/mol. The lowest BCUT2D eigenvalue weighted by molar-refractivity contribution is -0.129. The minimum absolute atomic E-state index is 0.102. The van der Waals surface area contributed by atoms with E-state index < -0.39 is 0 Å². The fraction of sp³-hybridized carbons (Fsp3) is 0.765. The first-order valence-electron chi connectivity index (χ1n) is 9.02. The van der Waals surface area contributed by atoms with Crippen molar-refractivity contribution in [3.05, 3.63) is 5.01 Å². The second-order valence-corrected chi connectivity index (χ2v) is 8.02. The summed E-state index contributed by atoms with van der Waals surface area (Å²) < 4.78 is 0. The number of nitrogens with one attached hydrogen (secondary N) is 1. The molecule has 1 aliphatic heterocycles. The molecule has 1 aliphatic carbocycles. The van der Waals surface area contributed by atoms with Crippen LogP contribution in [0.15, 0.2) is 0 Å². The van der Waals surface area contributed by atoms with Gasteiger partial charge in [0.25, 0.3) is 0 Å². The summed E-state index contributed by atoms with van der Waals surface area (Å²) in [6.45, 7) is 4.82. The summed E-state index contributed by atoms with van der Waals surface area (Å²) in [4.78, 5) is 26.6. The zero-order valence-electron chi connectivity index (χ0n) is 14.5. The van der Waals surface area contributed by atoms with E-state index in [9.17, 15) is 9.59 Å². The van der Waals surface area contributed by atoms with Crippen molar-refractivity contribution in [3.63, 3.8) is 0 Å². The molecule has 2 amide bonds. The van der Waals surface area contributed by atoms with E-state index in [1.165, 1.54) is 24.2 Å². The van der Waals surface area contributed by atoms with Crippen LogP contribution in [0.2, 0.25) is 0 Å². The molecule has 1 N–H and O–H groups in total. The molecule has 1 aromatic heterocycles. The normalized spacial score (nSPS) is 23.0. The SMILES string of the molecule is CCC[C@H](C)c1nnc(NC(=O)[C@H]2CC(=O)N(C3CCCC3)C2)s1. The van der Waals surface area contributed by atoms with Crippen LogP contribution in [-0.4, -0.2) is 39.5 Å². The number of aromatic nitrogens is 2. The third-order valence-corrected chi connectivity index (χ3v) is 6.18. The van der Waals surface area contributed by atoms with Gasteiger partial charge >= 0.3 is 0 Å². The Balaban J connectivity index is 1.56. The van der Waals surface area contributed by atoms with Crippen LogP contribution in [-0.2, 0) is 9.59 Å². The van der Waals surface area contributed by atoms with Crippen LogP contribution in [0.3, 0.4) is 0 Å². The molecule has 3 rings (SSSR count). The van der Waals surface area contributed by atoms with Crippen molar-refractivity contribution in [1.29, 1.82) is 0 Å². The van der Waals surface area contributed by atoms with Gasteiger partial charge < -0.3 is 10.2 Å². The van der Waals surface area contributed by atoms with Gasteiger partial charge in [-0.05, 0) is 19.3 Å². The fourth-order valence-electron chi connectivity index (χ4n) is 3.72. The van der Waals surface area contributed by atoms with Crippen LogP contribution in [0.1, 0.15) is 69.7 Å². The molecule has 24 heavy (non-hydrogen) atoms. The number of anilines is 1. The van der Waals surface area contributed by atoms with E-state index in [0.29, 0.717) is 30.1 Å². The first-order chi connectivity index (χ1) is 11.6. The molecule has 2 heterocycles. The molecule has 0 spiro atoms. The van der Waals surface area contributed by atoms with Crippen molar-refractivity contribution >= 4 is 28.3 Å². The van der Waals surface area contributed by atoms with Crippen LogP contribution < -0.4 is 5.32 Å². The van der Waals surface area contributed by atoms with E-state index in [1.54, 1.807) is 0 Å². The molecule has 2 atom stereocenters. The molecule has 7 heteroatoms. The predicted octanol–water partition coefficient (Wildman–Crippen LogP) is 3.17. The van der Waals surface area contributed by atoms with E-state index in [-0.39, 0.29) is 17.7 Å². The summed E-state index contributed by atoms with van der Waals surface area (Å²) in [5.41, 5.74) is 0. The number of carbonyl (C=O) groups is 2. The molecule has 6 nitrogen and oxygen atoms in total. The van der Waals surface area contributed by atoms with Crippen molar-refractivity contribution in [2.75, 3.05) is 11.9 Å². The average Bonchev–Trinajstić information content (AvgIpc) is 3.27. The Morgan fingerprint density at radius 1 is 1.38 bits per heavy atom. The fourth-order valence-corrected chi connectivity index (χ4v) is 4.56. The second kappa shape index (κ2) is 7.59. The third kappa shape index (κ3) is 3.77. The first-order valence-corrected chi connectivity index (χ1v) is 9.83. The van der Waals surface area contributed by atoms with Crippen LogP contribution >= 0.6 is 11.3 Å². The zero-order chi connectivity index (χ0) is 17.1. The largest absolute Gasteiger partial charge is 0.339 e. The molecular formula is C17H26N4O2S. The van der Waals surface area contributed by atoms with Crippen molar-refractivity contribution in [1.82, 2.24) is 15.1 Å². The number of likely N-dealkylation sites (tertiary alicyclic amines) is 1. The minimum Gasteiger partial charge on any atom is -0.339 e. The highest BCUT2D eigenvalue weighted by Crippen LogP contribution is 2.31. The molecule has 0 unspecified atom stereocenters. The van der Waals surface area contributed by atoms with Gasteiger partial charge in [-0.2, -0.15) is 0 Å². The van der Waals surface area contributed by atoms with Crippen molar-refractivity contribution < 1.29 is 9.59 Å². The second-order valence-electron chi connectivity index (χ2n) is 7.01. The van der Waals surface area contributed by atoms with E-state index in [2.05, 4.69) is 29.4 Å². The van der Waals surface area contributed by atoms with Crippen LogP contribution in [0.4, 0.5) is 5.13 Å². The topological polar surface area (TPSA) is 75.2 Å². The molecule has 2 fully saturated rings. The zero-order valence-corrected chi connectivity index (χ0v) is 15.3. The summed E-state index contributed by atoms with van der Waals surface area (Å²) in [6.07, 6.45) is 7.02. The number of amides is 2. The average molecular weight is 350 g/mol. The molecule has 1 saturated carbocycles. The van der Waals surface area contributed by atoms with E-state index >= 15 is 0 Å². The van der Waals surface area contributed by atoms with Crippen LogP contribution in [0, 0.1) is 5.92 Å². The molecule has 0 aromatic carbocycles. The molecule has 2 aliphatic rings. The lowest BCUT2D eigenvalue weighted by Gasteiger charge is -2.23. The van der Waals surface area contributed by atoms with Crippen LogP contribution in [0.5, 0.6) is 0 Å². The van der Waals surface area contributed by atoms with Crippen molar-refractivity contribution in [2.24, 2.45) is 5.92 Å². The van der Waals surface area contributed by atoms with Gasteiger partial charge in [0.05, 0.1) is 5.92 Å². The van der Waals surface area contributed by atoms with Gasteiger partial charge in [-0.25, -0.2) is 0 Å². The lowest BCUT2D eigenvalue weighted by Crippen LogP contribution is -2.35. The Kier molecular flexibility index (Phi) is 5.48.